The van der Waals surface area contributed by atoms with Crippen molar-refractivity contribution >= 4 is 46.1 Å². The normalized spacial score (nSPS) is 11.8. The molecule has 0 fully saturated rings. The van der Waals surface area contributed by atoms with Gasteiger partial charge in [0.05, 0.1) is 24.9 Å². The standard InChI is InChI=1S/C33H32N3.C24H28NSi.Ir/c1-6-35-29-16-9-7-12-26(29)27-20-23(18-19-30(27)35)33-34-28-15-8-10-17-31(28)36(33)32-24(21(2)3)13-11-14-25(32)22(4)5;1-18(2)14-22-16-23(25-17-24(22)26(3,4)5)21-13-9-12-20(15-21)19-10-7-6-8-11-19;/h7-17,19-22H,6H2,1-5H3;6-12,15-18H,14H2,1-5H3;/q2*-1;. The molecule has 0 aliphatic heterocycles. The zero-order chi connectivity index (χ0) is 43.7. The molecule has 0 atom stereocenters. The topological polar surface area (TPSA) is 35.6 Å². The van der Waals surface area contributed by atoms with Crippen molar-refractivity contribution in [3.05, 3.63) is 168 Å². The molecule has 6 aromatic carbocycles. The Bertz CT molecular complexity index is 2980. The number of imidazole rings is 1. The fourth-order valence-electron chi connectivity index (χ4n) is 9.02. The van der Waals surface area contributed by atoms with E-state index in [1.807, 2.05) is 12.1 Å². The van der Waals surface area contributed by atoms with Crippen LogP contribution in [0.2, 0.25) is 19.6 Å². The van der Waals surface area contributed by atoms with Crippen LogP contribution in [0, 0.1) is 18.1 Å². The van der Waals surface area contributed by atoms with Crippen LogP contribution in [0.3, 0.4) is 0 Å². The molecule has 3 aromatic heterocycles. The van der Waals surface area contributed by atoms with Gasteiger partial charge in [-0.15, -0.1) is 59.2 Å². The third kappa shape index (κ3) is 9.32. The summed E-state index contributed by atoms with van der Waals surface area (Å²) in [6, 6.07) is 54.5. The average Bonchev–Trinajstić information content (AvgIpc) is 3.81. The smallest absolute Gasteiger partial charge is 0.0798 e. The van der Waals surface area contributed by atoms with Crippen molar-refractivity contribution in [2.75, 3.05) is 0 Å². The van der Waals surface area contributed by atoms with Gasteiger partial charge < -0.3 is 14.1 Å². The Morgan fingerprint density at radius 3 is 1.97 bits per heavy atom. The van der Waals surface area contributed by atoms with E-state index in [0.717, 1.165) is 46.6 Å². The number of pyridine rings is 1. The van der Waals surface area contributed by atoms with Gasteiger partial charge in [-0.1, -0.05) is 157 Å². The van der Waals surface area contributed by atoms with E-state index in [0.29, 0.717) is 17.8 Å². The third-order valence-corrected chi connectivity index (χ3v) is 14.1. The summed E-state index contributed by atoms with van der Waals surface area (Å²) < 4.78 is 4.76. The van der Waals surface area contributed by atoms with Crippen molar-refractivity contribution in [2.24, 2.45) is 5.92 Å². The van der Waals surface area contributed by atoms with E-state index in [1.54, 1.807) is 0 Å². The second-order valence-electron chi connectivity index (χ2n) is 18.7. The molecule has 6 heteroatoms. The zero-order valence-electron chi connectivity index (χ0n) is 38.5. The van der Waals surface area contributed by atoms with Crippen LogP contribution in [-0.2, 0) is 33.1 Å². The summed E-state index contributed by atoms with van der Waals surface area (Å²) in [7, 11) is -1.40. The number of rotatable bonds is 10. The molecule has 0 spiro atoms. The minimum absolute atomic E-state index is 0. The van der Waals surface area contributed by atoms with Crippen LogP contribution in [0.25, 0.3) is 72.3 Å². The van der Waals surface area contributed by atoms with E-state index in [2.05, 4.69) is 217 Å². The van der Waals surface area contributed by atoms with E-state index in [1.165, 1.54) is 60.5 Å². The maximum absolute atomic E-state index is 5.20. The maximum Gasteiger partial charge on any atom is 0.0798 e. The van der Waals surface area contributed by atoms with Crippen molar-refractivity contribution < 1.29 is 20.1 Å². The summed E-state index contributed by atoms with van der Waals surface area (Å²) in [6.07, 6.45) is 3.23. The predicted molar refractivity (Wildman–Crippen MR) is 268 cm³/mol. The molecule has 0 saturated carbocycles. The summed E-state index contributed by atoms with van der Waals surface area (Å²) in [5.74, 6) is 2.37. The summed E-state index contributed by atoms with van der Waals surface area (Å²) in [5.41, 5.74) is 15.6. The molecule has 9 aromatic rings. The van der Waals surface area contributed by atoms with Crippen LogP contribution in [0.4, 0.5) is 0 Å². The number of aryl methyl sites for hydroxylation is 1. The van der Waals surface area contributed by atoms with Crippen LogP contribution < -0.4 is 5.19 Å². The predicted octanol–water partition coefficient (Wildman–Crippen LogP) is 14.8. The molecule has 9 rings (SSSR count). The van der Waals surface area contributed by atoms with Gasteiger partial charge in [-0.05, 0) is 87.8 Å². The molecule has 0 aliphatic carbocycles. The molecule has 0 bridgehead atoms. The van der Waals surface area contributed by atoms with Crippen molar-refractivity contribution in [1.29, 1.82) is 0 Å². The molecule has 0 unspecified atom stereocenters. The first-order valence-corrected chi connectivity index (χ1v) is 25.9. The third-order valence-electron chi connectivity index (χ3n) is 12.0. The first kappa shape index (κ1) is 45.6. The van der Waals surface area contributed by atoms with E-state index < -0.39 is 8.07 Å². The molecule has 0 aliphatic rings. The molecule has 4 nitrogen and oxygen atoms in total. The Labute approximate surface area is 389 Å². The van der Waals surface area contributed by atoms with Crippen molar-refractivity contribution in [3.8, 4) is 39.5 Å². The van der Waals surface area contributed by atoms with Gasteiger partial charge in [0.15, 0.2) is 0 Å². The van der Waals surface area contributed by atoms with E-state index >= 15 is 0 Å². The summed E-state index contributed by atoms with van der Waals surface area (Å²) in [4.78, 5) is 10.0. The van der Waals surface area contributed by atoms with Crippen LogP contribution >= 0.6 is 0 Å². The minimum Gasteiger partial charge on any atom is -0.381 e. The Morgan fingerprint density at radius 2 is 1.30 bits per heavy atom. The SMILES string of the molecule is CC(C)Cc1cc(-c2[c-]ccc(-c3ccccc3)c2)ncc1[Si](C)(C)C.CCn1c2c[c-]c(-c3nc4ccccc4n3-c3c(C(C)C)cccc3C(C)C)cc2c2ccccc21.[Ir]. The zero-order valence-corrected chi connectivity index (χ0v) is 41.9. The van der Waals surface area contributed by atoms with Gasteiger partial charge in [0.2, 0.25) is 0 Å². The maximum atomic E-state index is 5.20. The quantitative estimate of drug-likeness (QED) is 0.101. The second kappa shape index (κ2) is 19.1. The minimum atomic E-state index is -1.40. The Morgan fingerprint density at radius 1 is 0.635 bits per heavy atom. The molecule has 0 saturated heterocycles. The first-order valence-electron chi connectivity index (χ1n) is 22.4. The Hall–Kier alpha value is -5.39. The monoisotopic (exact) mass is 1020 g/mol. The number of fused-ring (bicyclic) bond motifs is 4. The van der Waals surface area contributed by atoms with Gasteiger partial charge in [-0.2, -0.15) is 0 Å². The number of nitrogens with zero attached hydrogens (tertiary/aromatic N) is 4. The van der Waals surface area contributed by atoms with Gasteiger partial charge in [0.25, 0.3) is 0 Å². The van der Waals surface area contributed by atoms with Crippen molar-refractivity contribution in [2.45, 2.75) is 92.9 Å². The van der Waals surface area contributed by atoms with Gasteiger partial charge in [-0.3, -0.25) is 4.98 Å². The molecule has 323 valence electrons. The number of hydrogen-bond acceptors (Lipinski definition) is 2. The van der Waals surface area contributed by atoms with Gasteiger partial charge in [0, 0.05) is 44.1 Å². The van der Waals surface area contributed by atoms with Crippen molar-refractivity contribution in [3.63, 3.8) is 0 Å². The number of aromatic nitrogens is 4. The van der Waals surface area contributed by atoms with Crippen LogP contribution in [0.1, 0.15) is 77.0 Å². The van der Waals surface area contributed by atoms with Gasteiger partial charge in [-0.25, -0.2) is 0 Å². The Balaban J connectivity index is 0.000000196. The summed E-state index contributed by atoms with van der Waals surface area (Å²) >= 11 is 0. The molecular weight excluding hydrogens is 961 g/mol. The van der Waals surface area contributed by atoms with Gasteiger partial charge in [0.1, 0.15) is 0 Å². The number of benzene rings is 6. The Kier molecular flexibility index (Phi) is 13.9. The summed E-state index contributed by atoms with van der Waals surface area (Å²) in [5, 5.41) is 4.01. The molecule has 3 heterocycles. The van der Waals surface area contributed by atoms with Crippen LogP contribution in [0.15, 0.2) is 140 Å². The second-order valence-corrected chi connectivity index (χ2v) is 23.7. The van der Waals surface area contributed by atoms with Crippen LogP contribution in [-0.4, -0.2) is 27.2 Å². The first-order chi connectivity index (χ1) is 29.8. The molecule has 0 amide bonds. The molecule has 63 heavy (non-hydrogen) atoms. The summed E-state index contributed by atoms with van der Waals surface area (Å²) in [6.45, 7) is 24.0. The fourth-order valence-corrected chi connectivity index (χ4v) is 10.6. The van der Waals surface area contributed by atoms with Gasteiger partial charge >= 0.3 is 0 Å². The largest absolute Gasteiger partial charge is 0.381 e. The number of para-hydroxylation sites is 4. The fraction of sp³-hybridized carbons (Fsp3) is 0.263. The number of hydrogen-bond donors (Lipinski definition) is 0. The van der Waals surface area contributed by atoms with E-state index in [4.69, 9.17) is 9.97 Å². The molecular formula is C57H60IrN4Si-2. The van der Waals surface area contributed by atoms with Crippen LogP contribution in [0.5, 0.6) is 0 Å². The van der Waals surface area contributed by atoms with E-state index in [-0.39, 0.29) is 20.1 Å². The molecule has 0 N–H and O–H groups in total. The van der Waals surface area contributed by atoms with Crippen molar-refractivity contribution in [1.82, 2.24) is 19.1 Å². The average molecular weight is 1020 g/mol. The van der Waals surface area contributed by atoms with E-state index in [9.17, 15) is 0 Å². The molecule has 1 radical (unpaired) electrons.